The first-order valence-electron chi connectivity index (χ1n) is 7.70. The van der Waals surface area contributed by atoms with Gasteiger partial charge in [-0.05, 0) is 57.5 Å². The summed E-state index contributed by atoms with van der Waals surface area (Å²) in [6.45, 7) is 13.3. The van der Waals surface area contributed by atoms with Crippen molar-refractivity contribution in [2.45, 2.75) is 53.1 Å². The molecule has 0 amide bonds. The largest absolute Gasteiger partial charge is 0.317 e. The second kappa shape index (κ2) is 9.11. The average molecular weight is 262 g/mol. The Balaban J connectivity index is 2.50. The molecule has 1 rings (SSSR count). The molecule has 1 aromatic rings. The minimum absolute atomic E-state index is 0.619. The van der Waals surface area contributed by atoms with E-state index in [1.54, 1.807) is 0 Å². The lowest BCUT2D eigenvalue weighted by molar-refractivity contribution is 0.213. The summed E-state index contributed by atoms with van der Waals surface area (Å²) < 4.78 is 0. The van der Waals surface area contributed by atoms with Gasteiger partial charge in [-0.1, -0.05) is 38.1 Å². The van der Waals surface area contributed by atoms with Gasteiger partial charge in [-0.15, -0.1) is 0 Å². The molecule has 0 saturated heterocycles. The first kappa shape index (κ1) is 16.2. The van der Waals surface area contributed by atoms with Gasteiger partial charge < -0.3 is 5.32 Å². The van der Waals surface area contributed by atoms with Crippen LogP contribution in [0.25, 0.3) is 0 Å². The molecule has 0 heterocycles. The molecule has 0 fully saturated rings. The lowest BCUT2D eigenvalue weighted by atomic mass is 10.1. The van der Waals surface area contributed by atoms with Crippen LogP contribution in [-0.2, 0) is 13.0 Å². The summed E-state index contributed by atoms with van der Waals surface area (Å²) in [6.07, 6.45) is 2.34. The quantitative estimate of drug-likeness (QED) is 0.686. The number of hydrogen-bond acceptors (Lipinski definition) is 2. The maximum atomic E-state index is 3.37. The minimum atomic E-state index is 0.619. The Morgan fingerprint density at radius 3 is 2.21 bits per heavy atom. The Hall–Kier alpha value is -0.860. The van der Waals surface area contributed by atoms with Gasteiger partial charge in [-0.3, -0.25) is 4.90 Å². The second-order valence-electron chi connectivity index (χ2n) is 5.48. The van der Waals surface area contributed by atoms with Crippen LogP contribution >= 0.6 is 0 Å². The Bertz CT molecular complexity index is 330. The first-order valence-corrected chi connectivity index (χ1v) is 7.70. The minimum Gasteiger partial charge on any atom is -0.317 e. The molecule has 0 saturated carbocycles. The molecule has 19 heavy (non-hydrogen) atoms. The van der Waals surface area contributed by atoms with E-state index in [2.05, 4.69) is 62.2 Å². The van der Waals surface area contributed by atoms with Crippen LogP contribution in [0.3, 0.4) is 0 Å². The highest BCUT2D eigenvalue weighted by Gasteiger charge is 2.08. The summed E-state index contributed by atoms with van der Waals surface area (Å²) in [6, 6.07) is 9.74. The summed E-state index contributed by atoms with van der Waals surface area (Å²) in [5.41, 5.74) is 2.85. The molecule has 0 aliphatic rings. The zero-order chi connectivity index (χ0) is 14.1. The zero-order valence-electron chi connectivity index (χ0n) is 13.1. The van der Waals surface area contributed by atoms with Crippen LogP contribution < -0.4 is 5.32 Å². The van der Waals surface area contributed by atoms with E-state index < -0.39 is 0 Å². The maximum Gasteiger partial charge on any atom is 0.0236 e. The van der Waals surface area contributed by atoms with Gasteiger partial charge in [0.2, 0.25) is 0 Å². The Morgan fingerprint density at radius 2 is 1.68 bits per heavy atom. The highest BCUT2D eigenvalue weighted by molar-refractivity contribution is 5.22. The summed E-state index contributed by atoms with van der Waals surface area (Å²) >= 11 is 0. The van der Waals surface area contributed by atoms with Crippen molar-refractivity contribution in [1.82, 2.24) is 10.2 Å². The van der Waals surface area contributed by atoms with Gasteiger partial charge in [0.05, 0.1) is 0 Å². The number of nitrogens with one attached hydrogen (secondary N) is 1. The van der Waals surface area contributed by atoms with Gasteiger partial charge in [-0.25, -0.2) is 0 Å². The lowest BCUT2D eigenvalue weighted by Gasteiger charge is -2.26. The molecule has 0 atom stereocenters. The van der Waals surface area contributed by atoms with Crippen LogP contribution in [0.4, 0.5) is 0 Å². The third-order valence-electron chi connectivity index (χ3n) is 3.49. The third-order valence-corrected chi connectivity index (χ3v) is 3.49. The number of benzene rings is 1. The molecular weight excluding hydrogens is 232 g/mol. The normalized spacial score (nSPS) is 11.5. The number of nitrogens with zero attached hydrogens (tertiary/aromatic N) is 1. The molecule has 108 valence electrons. The summed E-state index contributed by atoms with van der Waals surface area (Å²) in [7, 11) is 0. The summed E-state index contributed by atoms with van der Waals surface area (Å²) in [5.74, 6) is 0. The molecular formula is C17H30N2. The molecule has 1 aromatic carbocycles. The molecule has 0 radical (unpaired) electrons. The number of hydrogen-bond donors (Lipinski definition) is 1. The molecule has 2 nitrogen and oxygen atoms in total. The van der Waals surface area contributed by atoms with E-state index in [0.717, 1.165) is 26.1 Å². The van der Waals surface area contributed by atoms with Crippen LogP contribution in [0.2, 0.25) is 0 Å². The highest BCUT2D eigenvalue weighted by atomic mass is 15.1. The predicted molar refractivity (Wildman–Crippen MR) is 84.5 cm³/mol. The lowest BCUT2D eigenvalue weighted by Crippen LogP contribution is -2.30. The van der Waals surface area contributed by atoms with Crippen molar-refractivity contribution in [1.29, 1.82) is 0 Å². The van der Waals surface area contributed by atoms with Gasteiger partial charge in [0.25, 0.3) is 0 Å². The van der Waals surface area contributed by atoms with E-state index in [-0.39, 0.29) is 0 Å². The van der Waals surface area contributed by atoms with E-state index in [1.165, 1.54) is 24.1 Å². The molecule has 0 aromatic heterocycles. The average Bonchev–Trinajstić information content (AvgIpc) is 2.40. The van der Waals surface area contributed by atoms with Crippen LogP contribution in [0.1, 0.15) is 45.2 Å². The Morgan fingerprint density at radius 1 is 1.05 bits per heavy atom. The van der Waals surface area contributed by atoms with Crippen molar-refractivity contribution in [3.8, 4) is 0 Å². The molecule has 0 unspecified atom stereocenters. The summed E-state index contributed by atoms with van der Waals surface area (Å²) in [5, 5.41) is 3.37. The van der Waals surface area contributed by atoms with Crippen molar-refractivity contribution >= 4 is 0 Å². The highest BCUT2D eigenvalue weighted by Crippen LogP contribution is 2.11. The molecule has 0 spiro atoms. The predicted octanol–water partition coefficient (Wildman–Crippen LogP) is 3.46. The molecule has 1 N–H and O–H groups in total. The SMILES string of the molecule is CCCN(Cc1ccc(CCNCC)cc1)C(C)C. The third kappa shape index (κ3) is 6.22. The van der Waals surface area contributed by atoms with Crippen LogP contribution in [-0.4, -0.2) is 30.6 Å². The molecule has 2 heteroatoms. The van der Waals surface area contributed by atoms with Crippen LogP contribution in [0.5, 0.6) is 0 Å². The zero-order valence-corrected chi connectivity index (χ0v) is 13.1. The van der Waals surface area contributed by atoms with Crippen molar-refractivity contribution < 1.29 is 0 Å². The van der Waals surface area contributed by atoms with Crippen molar-refractivity contribution in [2.24, 2.45) is 0 Å². The second-order valence-corrected chi connectivity index (χ2v) is 5.48. The Labute approximate surface area is 119 Å². The van der Waals surface area contributed by atoms with Crippen molar-refractivity contribution in [3.63, 3.8) is 0 Å². The van der Waals surface area contributed by atoms with E-state index in [1.807, 2.05) is 0 Å². The Kier molecular flexibility index (Phi) is 7.76. The fraction of sp³-hybridized carbons (Fsp3) is 0.647. The number of rotatable bonds is 9. The molecule has 0 aliphatic heterocycles. The fourth-order valence-electron chi connectivity index (χ4n) is 2.26. The first-order chi connectivity index (χ1) is 9.17. The van der Waals surface area contributed by atoms with E-state index in [4.69, 9.17) is 0 Å². The van der Waals surface area contributed by atoms with Gasteiger partial charge >= 0.3 is 0 Å². The van der Waals surface area contributed by atoms with E-state index in [0.29, 0.717) is 6.04 Å². The smallest absolute Gasteiger partial charge is 0.0236 e. The fourth-order valence-corrected chi connectivity index (χ4v) is 2.26. The number of likely N-dealkylation sites (N-methyl/N-ethyl adjacent to an activating group) is 1. The van der Waals surface area contributed by atoms with E-state index in [9.17, 15) is 0 Å². The maximum absolute atomic E-state index is 3.37. The standard InChI is InChI=1S/C17H30N2/c1-5-13-19(15(3)4)14-17-9-7-16(8-10-17)11-12-18-6-2/h7-10,15,18H,5-6,11-14H2,1-4H3. The van der Waals surface area contributed by atoms with E-state index >= 15 is 0 Å². The van der Waals surface area contributed by atoms with Gasteiger partial charge in [0, 0.05) is 12.6 Å². The van der Waals surface area contributed by atoms with Gasteiger partial charge in [-0.2, -0.15) is 0 Å². The topological polar surface area (TPSA) is 15.3 Å². The monoisotopic (exact) mass is 262 g/mol. The van der Waals surface area contributed by atoms with Gasteiger partial charge in [0.1, 0.15) is 0 Å². The van der Waals surface area contributed by atoms with Gasteiger partial charge in [0.15, 0.2) is 0 Å². The van der Waals surface area contributed by atoms with Crippen LogP contribution in [0.15, 0.2) is 24.3 Å². The molecule has 0 bridgehead atoms. The summed E-state index contributed by atoms with van der Waals surface area (Å²) in [4.78, 5) is 2.54. The van der Waals surface area contributed by atoms with Crippen molar-refractivity contribution in [2.75, 3.05) is 19.6 Å². The van der Waals surface area contributed by atoms with Crippen LogP contribution in [0, 0.1) is 0 Å². The van der Waals surface area contributed by atoms with Crippen molar-refractivity contribution in [3.05, 3.63) is 35.4 Å². The molecule has 0 aliphatic carbocycles.